The molecule has 0 spiro atoms. The molecule has 1 rings (SSSR count). The zero-order valence-electron chi connectivity index (χ0n) is 11.0. The maximum Gasteiger partial charge on any atom is 0.0666 e. The Morgan fingerprint density at radius 3 is 2.35 bits per heavy atom. The number of hydrogen-bond donors (Lipinski definition) is 0. The van der Waals surface area contributed by atoms with Gasteiger partial charge in [0.2, 0.25) is 0 Å². The van der Waals surface area contributed by atoms with Gasteiger partial charge in [0, 0.05) is 17.7 Å². The van der Waals surface area contributed by atoms with Crippen LogP contribution in [0.3, 0.4) is 0 Å². The fourth-order valence-electron chi connectivity index (χ4n) is 2.17. The van der Waals surface area contributed by atoms with Crippen LogP contribution in [0.4, 0.5) is 0 Å². The fourth-order valence-corrected chi connectivity index (χ4v) is 3.67. The molecule has 1 fully saturated rings. The van der Waals surface area contributed by atoms with Crippen LogP contribution in [0.15, 0.2) is 0 Å². The van der Waals surface area contributed by atoms with Crippen LogP contribution in [0, 0.1) is 0 Å². The molecule has 0 amide bonds. The lowest BCUT2D eigenvalue weighted by Gasteiger charge is -2.08. The predicted molar refractivity (Wildman–Crippen MR) is 82.4 cm³/mol. The van der Waals surface area contributed by atoms with Crippen LogP contribution >= 0.6 is 27.7 Å². The molecule has 1 aliphatic heterocycles. The lowest BCUT2D eigenvalue weighted by Crippen LogP contribution is -2.08. The van der Waals surface area contributed by atoms with Crippen LogP contribution in [-0.2, 0) is 4.74 Å². The number of ether oxygens (including phenoxy) is 1. The van der Waals surface area contributed by atoms with Gasteiger partial charge in [-0.15, -0.1) is 0 Å². The third kappa shape index (κ3) is 9.38. The highest BCUT2D eigenvalue weighted by molar-refractivity contribution is 9.09. The average molecular weight is 323 g/mol. The highest BCUT2D eigenvalue weighted by Gasteiger charge is 2.14. The van der Waals surface area contributed by atoms with E-state index in [1.807, 2.05) is 0 Å². The maximum atomic E-state index is 5.61. The molecule has 1 nitrogen and oxygen atoms in total. The van der Waals surface area contributed by atoms with Gasteiger partial charge >= 0.3 is 0 Å². The Labute approximate surface area is 120 Å². The van der Waals surface area contributed by atoms with E-state index < -0.39 is 0 Å². The third-order valence-corrected chi connectivity index (χ3v) is 5.00. The van der Waals surface area contributed by atoms with Gasteiger partial charge < -0.3 is 4.74 Å². The van der Waals surface area contributed by atoms with E-state index in [-0.39, 0.29) is 0 Å². The summed E-state index contributed by atoms with van der Waals surface area (Å²) < 4.78 is 5.61. The summed E-state index contributed by atoms with van der Waals surface area (Å²) in [5.41, 5.74) is 0. The summed E-state index contributed by atoms with van der Waals surface area (Å²) in [4.78, 5) is 0. The second kappa shape index (κ2) is 11.9. The van der Waals surface area contributed by atoms with Crippen LogP contribution in [0.2, 0.25) is 0 Å². The van der Waals surface area contributed by atoms with Crippen molar-refractivity contribution in [2.75, 3.05) is 23.4 Å². The smallest absolute Gasteiger partial charge is 0.0666 e. The van der Waals surface area contributed by atoms with Gasteiger partial charge in [-0.1, -0.05) is 48.0 Å². The van der Waals surface area contributed by atoms with E-state index in [1.165, 1.54) is 74.6 Å². The normalized spacial score (nSPS) is 19.9. The van der Waals surface area contributed by atoms with Crippen LogP contribution in [-0.4, -0.2) is 29.5 Å². The molecule has 0 radical (unpaired) electrons. The second-order valence-corrected chi connectivity index (χ2v) is 6.82. The number of rotatable bonds is 11. The molecule has 1 atom stereocenters. The largest absolute Gasteiger partial charge is 0.377 e. The van der Waals surface area contributed by atoms with Crippen LogP contribution in [0.5, 0.6) is 0 Å². The van der Waals surface area contributed by atoms with Gasteiger partial charge in [0.25, 0.3) is 0 Å². The van der Waals surface area contributed by atoms with E-state index in [4.69, 9.17) is 4.74 Å². The molecule has 0 aromatic heterocycles. The first-order valence-electron chi connectivity index (χ1n) is 7.19. The van der Waals surface area contributed by atoms with Crippen molar-refractivity contribution in [2.24, 2.45) is 0 Å². The van der Waals surface area contributed by atoms with Gasteiger partial charge in [-0.05, 0) is 31.4 Å². The standard InChI is InChI=1S/C14H27BrOS/c15-10-6-4-2-1-3-5-7-12-17-13-14-9-8-11-16-14/h14H,1-13H2. The molecular formula is C14H27BrOS. The Morgan fingerprint density at radius 2 is 1.71 bits per heavy atom. The van der Waals surface area contributed by atoms with Crippen molar-refractivity contribution in [2.45, 2.75) is 63.9 Å². The topological polar surface area (TPSA) is 9.23 Å². The van der Waals surface area contributed by atoms with E-state index in [2.05, 4.69) is 27.7 Å². The van der Waals surface area contributed by atoms with Crippen molar-refractivity contribution in [1.82, 2.24) is 0 Å². The Kier molecular flexibility index (Phi) is 11.1. The summed E-state index contributed by atoms with van der Waals surface area (Å²) in [5.74, 6) is 2.56. The average Bonchev–Trinajstić information content (AvgIpc) is 2.85. The summed E-state index contributed by atoms with van der Waals surface area (Å²) in [5, 5.41) is 1.17. The number of thioether (sulfide) groups is 1. The van der Waals surface area contributed by atoms with Gasteiger partial charge in [0.05, 0.1) is 6.10 Å². The lowest BCUT2D eigenvalue weighted by atomic mass is 10.1. The summed E-state index contributed by atoms with van der Waals surface area (Å²) in [7, 11) is 0. The second-order valence-electron chi connectivity index (χ2n) is 4.87. The Morgan fingerprint density at radius 1 is 1.00 bits per heavy atom. The lowest BCUT2D eigenvalue weighted by molar-refractivity contribution is 0.129. The van der Waals surface area contributed by atoms with Gasteiger partial charge in [-0.2, -0.15) is 11.8 Å². The fraction of sp³-hybridized carbons (Fsp3) is 1.00. The van der Waals surface area contributed by atoms with Crippen LogP contribution in [0.25, 0.3) is 0 Å². The van der Waals surface area contributed by atoms with Gasteiger partial charge in [0.15, 0.2) is 0 Å². The van der Waals surface area contributed by atoms with Crippen molar-refractivity contribution in [3.8, 4) is 0 Å². The Balaban J connectivity index is 1.69. The molecule has 17 heavy (non-hydrogen) atoms. The molecule has 0 saturated carbocycles. The minimum Gasteiger partial charge on any atom is -0.377 e. The molecule has 1 heterocycles. The van der Waals surface area contributed by atoms with Crippen LogP contribution < -0.4 is 0 Å². The van der Waals surface area contributed by atoms with Crippen molar-refractivity contribution in [3.05, 3.63) is 0 Å². The third-order valence-electron chi connectivity index (χ3n) is 3.25. The zero-order chi connectivity index (χ0) is 12.2. The summed E-state index contributed by atoms with van der Waals surface area (Å²) >= 11 is 5.57. The highest BCUT2D eigenvalue weighted by Crippen LogP contribution is 2.18. The SMILES string of the molecule is BrCCCCCCCCCSCC1CCCO1. The molecule has 102 valence electrons. The summed E-state index contributed by atoms with van der Waals surface area (Å²) in [6, 6.07) is 0. The van der Waals surface area contributed by atoms with Crippen LogP contribution in [0.1, 0.15) is 57.8 Å². The van der Waals surface area contributed by atoms with E-state index >= 15 is 0 Å². The number of unbranched alkanes of at least 4 members (excludes halogenated alkanes) is 6. The molecule has 0 aromatic carbocycles. The molecule has 0 bridgehead atoms. The van der Waals surface area contributed by atoms with E-state index in [9.17, 15) is 0 Å². The van der Waals surface area contributed by atoms with Crippen molar-refractivity contribution < 1.29 is 4.74 Å². The Hall–Kier alpha value is 0.790. The molecule has 1 saturated heterocycles. The number of hydrogen-bond acceptors (Lipinski definition) is 2. The van der Waals surface area contributed by atoms with Crippen molar-refractivity contribution >= 4 is 27.7 Å². The zero-order valence-corrected chi connectivity index (χ0v) is 13.4. The Bertz CT molecular complexity index is 160. The molecule has 0 aliphatic carbocycles. The molecule has 3 heteroatoms. The molecule has 0 aromatic rings. The minimum atomic E-state index is 0.573. The highest BCUT2D eigenvalue weighted by atomic mass is 79.9. The summed E-state index contributed by atoms with van der Waals surface area (Å²) in [6.07, 6.45) is 13.0. The number of halogens is 1. The van der Waals surface area contributed by atoms with Gasteiger partial charge in [0.1, 0.15) is 0 Å². The van der Waals surface area contributed by atoms with Gasteiger partial charge in [-0.25, -0.2) is 0 Å². The summed E-state index contributed by atoms with van der Waals surface area (Å²) in [6.45, 7) is 1.000. The van der Waals surface area contributed by atoms with E-state index in [1.54, 1.807) is 0 Å². The van der Waals surface area contributed by atoms with Crippen molar-refractivity contribution in [3.63, 3.8) is 0 Å². The van der Waals surface area contributed by atoms with E-state index in [0.29, 0.717) is 6.10 Å². The quantitative estimate of drug-likeness (QED) is 0.390. The molecule has 1 aliphatic rings. The van der Waals surface area contributed by atoms with Crippen molar-refractivity contribution in [1.29, 1.82) is 0 Å². The first kappa shape index (κ1) is 15.8. The first-order chi connectivity index (χ1) is 8.43. The molecule has 1 unspecified atom stereocenters. The number of alkyl halides is 1. The maximum absolute atomic E-state index is 5.61. The molecule has 0 N–H and O–H groups in total. The minimum absolute atomic E-state index is 0.573. The molecular weight excluding hydrogens is 296 g/mol. The first-order valence-corrected chi connectivity index (χ1v) is 9.46. The van der Waals surface area contributed by atoms with E-state index in [0.717, 1.165) is 6.61 Å². The monoisotopic (exact) mass is 322 g/mol. The predicted octanol–water partition coefficient (Wildman–Crippen LogP) is 5.02. The van der Waals surface area contributed by atoms with Gasteiger partial charge in [-0.3, -0.25) is 0 Å².